The minimum absolute atomic E-state index is 0.224. The number of hydrogen-bond donors (Lipinski definition) is 1. The Morgan fingerprint density at radius 1 is 1.24 bits per heavy atom. The van der Waals surface area contributed by atoms with E-state index in [-0.39, 0.29) is 5.57 Å². The molecule has 0 saturated carbocycles. The molecule has 0 aliphatic heterocycles. The van der Waals surface area contributed by atoms with Gasteiger partial charge in [0.1, 0.15) is 0 Å². The van der Waals surface area contributed by atoms with Gasteiger partial charge in [0.05, 0.1) is 0 Å². The molecule has 1 N–H and O–H groups in total. The van der Waals surface area contributed by atoms with E-state index in [1.165, 1.54) is 6.92 Å². The Morgan fingerprint density at radius 2 is 1.82 bits per heavy atom. The molecule has 0 fully saturated rings. The molecule has 0 aromatic heterocycles. The predicted octanol–water partition coefficient (Wildman–Crippen LogP) is 2.92. The van der Waals surface area contributed by atoms with Crippen LogP contribution in [0.25, 0.3) is 0 Å². The molecule has 1 atom stereocenters. The van der Waals surface area contributed by atoms with Crippen molar-refractivity contribution in [2.75, 3.05) is 0 Å². The molecule has 0 heterocycles. The van der Waals surface area contributed by atoms with E-state index in [9.17, 15) is 9.59 Å². The van der Waals surface area contributed by atoms with Gasteiger partial charge in [-0.05, 0) is 19.8 Å². The molecule has 0 aromatic rings. The largest absolute Gasteiger partial charge is 0.479 e. The predicted molar refractivity (Wildman–Crippen MR) is 65.7 cm³/mol. The fourth-order valence-corrected chi connectivity index (χ4v) is 1.40. The van der Waals surface area contributed by atoms with Crippen LogP contribution in [0.2, 0.25) is 0 Å². The van der Waals surface area contributed by atoms with Crippen LogP contribution in [0.15, 0.2) is 12.2 Å². The van der Waals surface area contributed by atoms with E-state index < -0.39 is 18.0 Å². The lowest BCUT2D eigenvalue weighted by Crippen LogP contribution is -2.27. The van der Waals surface area contributed by atoms with Crippen LogP contribution in [0.3, 0.4) is 0 Å². The molecule has 0 amide bonds. The third kappa shape index (κ3) is 7.55. The monoisotopic (exact) mass is 242 g/mol. The minimum atomic E-state index is -1.09. The summed E-state index contributed by atoms with van der Waals surface area (Å²) in [4.78, 5) is 22.1. The summed E-state index contributed by atoms with van der Waals surface area (Å²) in [6.07, 6.45) is 4.47. The van der Waals surface area contributed by atoms with Crippen molar-refractivity contribution >= 4 is 11.9 Å². The highest BCUT2D eigenvalue weighted by Crippen LogP contribution is 2.11. The van der Waals surface area contributed by atoms with E-state index in [1.54, 1.807) is 0 Å². The van der Waals surface area contributed by atoms with Crippen LogP contribution in [-0.2, 0) is 14.3 Å². The molecule has 4 nitrogen and oxygen atoms in total. The quantitative estimate of drug-likeness (QED) is 0.383. The number of unbranched alkanes of at least 4 members (excludes halogenated alkanes) is 4. The van der Waals surface area contributed by atoms with Gasteiger partial charge in [0.2, 0.25) is 0 Å². The number of aliphatic carboxylic acids is 1. The Kier molecular flexibility index (Phi) is 8.11. The molecule has 0 radical (unpaired) electrons. The van der Waals surface area contributed by atoms with Crippen LogP contribution in [0, 0.1) is 0 Å². The molecule has 0 saturated heterocycles. The van der Waals surface area contributed by atoms with E-state index in [2.05, 4.69) is 13.5 Å². The summed E-state index contributed by atoms with van der Waals surface area (Å²) >= 11 is 0. The highest BCUT2D eigenvalue weighted by Gasteiger charge is 2.21. The van der Waals surface area contributed by atoms with Crippen molar-refractivity contribution in [2.45, 2.75) is 58.5 Å². The zero-order valence-electron chi connectivity index (χ0n) is 10.7. The van der Waals surface area contributed by atoms with E-state index in [1.807, 2.05) is 0 Å². The first kappa shape index (κ1) is 15.7. The Labute approximate surface area is 103 Å². The lowest BCUT2D eigenvalue weighted by atomic mass is 10.1. The third-order valence-electron chi connectivity index (χ3n) is 2.44. The summed E-state index contributed by atoms with van der Waals surface area (Å²) < 4.78 is 4.84. The van der Waals surface area contributed by atoms with Crippen LogP contribution < -0.4 is 0 Å². The highest BCUT2D eigenvalue weighted by molar-refractivity contribution is 5.89. The maximum atomic E-state index is 11.2. The second-order valence-corrected chi connectivity index (χ2v) is 4.22. The smallest absolute Gasteiger partial charge is 0.345 e. The number of rotatable bonds is 9. The highest BCUT2D eigenvalue weighted by atomic mass is 16.6. The second-order valence-electron chi connectivity index (χ2n) is 4.22. The van der Waals surface area contributed by atoms with Crippen LogP contribution in [0.5, 0.6) is 0 Å². The standard InChI is InChI=1S/C13H22O4/c1-4-5-6-7-8-9-11(12(14)15)17-13(16)10(2)3/h11H,2,4-9H2,1,3H3,(H,14,15). The SMILES string of the molecule is C=C(C)C(=O)OC(CCCCCCC)C(=O)O. The van der Waals surface area contributed by atoms with Crippen molar-refractivity contribution in [3.63, 3.8) is 0 Å². The van der Waals surface area contributed by atoms with Gasteiger partial charge in [-0.2, -0.15) is 0 Å². The number of esters is 1. The lowest BCUT2D eigenvalue weighted by Gasteiger charge is -2.13. The zero-order valence-corrected chi connectivity index (χ0v) is 10.7. The molecule has 0 bridgehead atoms. The Bertz CT molecular complexity index is 271. The Hall–Kier alpha value is -1.32. The van der Waals surface area contributed by atoms with Gasteiger partial charge in [0.15, 0.2) is 6.10 Å². The van der Waals surface area contributed by atoms with Crippen molar-refractivity contribution in [1.82, 2.24) is 0 Å². The van der Waals surface area contributed by atoms with Crippen molar-refractivity contribution in [3.8, 4) is 0 Å². The average molecular weight is 242 g/mol. The van der Waals surface area contributed by atoms with Crippen molar-refractivity contribution < 1.29 is 19.4 Å². The summed E-state index contributed by atoms with van der Waals surface area (Å²) in [5.74, 6) is -1.72. The Morgan fingerprint density at radius 3 is 2.29 bits per heavy atom. The van der Waals surface area contributed by atoms with Crippen LogP contribution >= 0.6 is 0 Å². The fraction of sp³-hybridized carbons (Fsp3) is 0.692. The molecule has 0 spiro atoms. The first-order valence-electron chi connectivity index (χ1n) is 6.08. The zero-order chi connectivity index (χ0) is 13.3. The summed E-state index contributed by atoms with van der Waals surface area (Å²) in [5.41, 5.74) is 0.224. The summed E-state index contributed by atoms with van der Waals surface area (Å²) in [7, 11) is 0. The molecular formula is C13H22O4. The second kappa shape index (κ2) is 8.79. The lowest BCUT2D eigenvalue weighted by molar-refractivity contribution is -0.161. The van der Waals surface area contributed by atoms with E-state index in [4.69, 9.17) is 9.84 Å². The van der Waals surface area contributed by atoms with Crippen molar-refractivity contribution in [1.29, 1.82) is 0 Å². The normalized spacial score (nSPS) is 11.9. The van der Waals surface area contributed by atoms with Gasteiger partial charge in [-0.3, -0.25) is 0 Å². The maximum absolute atomic E-state index is 11.2. The summed E-state index contributed by atoms with van der Waals surface area (Å²) in [6.45, 7) is 7.04. The number of ether oxygens (including phenoxy) is 1. The number of carbonyl (C=O) groups is 2. The van der Waals surface area contributed by atoms with Gasteiger partial charge in [-0.25, -0.2) is 9.59 Å². The molecule has 0 aromatic carbocycles. The molecule has 1 unspecified atom stereocenters. The molecule has 17 heavy (non-hydrogen) atoms. The van der Waals surface area contributed by atoms with E-state index >= 15 is 0 Å². The summed E-state index contributed by atoms with van der Waals surface area (Å²) in [5, 5.41) is 8.90. The van der Waals surface area contributed by atoms with Gasteiger partial charge >= 0.3 is 11.9 Å². The third-order valence-corrected chi connectivity index (χ3v) is 2.44. The topological polar surface area (TPSA) is 63.6 Å². The van der Waals surface area contributed by atoms with Gasteiger partial charge in [-0.15, -0.1) is 0 Å². The molecule has 0 aliphatic rings. The first-order chi connectivity index (χ1) is 7.99. The van der Waals surface area contributed by atoms with Gasteiger partial charge in [-0.1, -0.05) is 39.2 Å². The number of hydrogen-bond acceptors (Lipinski definition) is 3. The molecule has 4 heteroatoms. The molecular weight excluding hydrogens is 220 g/mol. The average Bonchev–Trinajstić information content (AvgIpc) is 2.26. The van der Waals surface area contributed by atoms with Gasteiger partial charge in [0.25, 0.3) is 0 Å². The summed E-state index contributed by atoms with van der Waals surface area (Å²) in [6, 6.07) is 0. The minimum Gasteiger partial charge on any atom is -0.479 e. The van der Waals surface area contributed by atoms with Crippen molar-refractivity contribution in [3.05, 3.63) is 12.2 Å². The van der Waals surface area contributed by atoms with Crippen LogP contribution in [0.1, 0.15) is 52.4 Å². The van der Waals surface area contributed by atoms with Crippen LogP contribution in [0.4, 0.5) is 0 Å². The van der Waals surface area contributed by atoms with Gasteiger partial charge < -0.3 is 9.84 Å². The fourth-order valence-electron chi connectivity index (χ4n) is 1.40. The molecule has 0 rings (SSSR count). The van der Waals surface area contributed by atoms with E-state index in [0.717, 1.165) is 32.1 Å². The number of carboxylic acid groups (broad SMARTS) is 1. The maximum Gasteiger partial charge on any atom is 0.345 e. The molecule has 98 valence electrons. The van der Waals surface area contributed by atoms with Crippen molar-refractivity contribution in [2.24, 2.45) is 0 Å². The number of carbonyl (C=O) groups excluding carboxylic acids is 1. The van der Waals surface area contributed by atoms with Crippen LogP contribution in [-0.4, -0.2) is 23.1 Å². The Balaban J connectivity index is 3.95. The van der Waals surface area contributed by atoms with Gasteiger partial charge in [0, 0.05) is 5.57 Å². The first-order valence-corrected chi connectivity index (χ1v) is 6.08. The molecule has 0 aliphatic carbocycles. The van der Waals surface area contributed by atoms with E-state index in [0.29, 0.717) is 6.42 Å². The number of carboxylic acids is 1.